The first-order chi connectivity index (χ1) is 9.04. The maximum Gasteiger partial charge on any atom is 0.267 e. The number of alkyl halides is 2. The predicted molar refractivity (Wildman–Crippen MR) is 73.4 cm³/mol. The van der Waals surface area contributed by atoms with E-state index in [0.717, 1.165) is 0 Å². The second kappa shape index (κ2) is 5.76. The van der Waals surface area contributed by atoms with Crippen LogP contribution in [0.1, 0.15) is 12.0 Å². The van der Waals surface area contributed by atoms with Crippen LogP contribution in [-0.4, -0.2) is 7.11 Å². The van der Waals surface area contributed by atoms with Crippen LogP contribution in [0.5, 0.6) is 5.75 Å². The van der Waals surface area contributed by atoms with Gasteiger partial charge in [-0.25, -0.2) is 8.78 Å². The minimum atomic E-state index is -2.63. The molecule has 0 aliphatic rings. The average molecular weight is 303 g/mol. The first kappa shape index (κ1) is 14.1. The van der Waals surface area contributed by atoms with Crippen molar-refractivity contribution in [3.8, 4) is 16.9 Å². The Kier molecular flexibility index (Phi) is 4.27. The maximum atomic E-state index is 13.0. The van der Waals surface area contributed by atoms with E-state index in [9.17, 15) is 8.78 Å². The van der Waals surface area contributed by atoms with Crippen molar-refractivity contribution < 1.29 is 13.5 Å². The normalized spacial score (nSPS) is 10.8. The third kappa shape index (κ3) is 2.82. The highest BCUT2D eigenvalue weighted by Crippen LogP contribution is 2.38. The molecule has 0 fully saturated rings. The van der Waals surface area contributed by atoms with Crippen LogP contribution in [0.3, 0.4) is 0 Å². The highest BCUT2D eigenvalue weighted by molar-refractivity contribution is 6.39. The van der Waals surface area contributed by atoms with Gasteiger partial charge in [0.15, 0.2) is 0 Å². The number of benzene rings is 2. The van der Waals surface area contributed by atoms with Crippen molar-refractivity contribution in [2.45, 2.75) is 6.43 Å². The highest BCUT2D eigenvalue weighted by Gasteiger charge is 2.17. The summed E-state index contributed by atoms with van der Waals surface area (Å²) in [5.74, 6) is 0.141. The molecule has 0 radical (unpaired) electrons. The fourth-order valence-electron chi connectivity index (χ4n) is 1.83. The molecule has 0 aromatic heterocycles. The molecule has 0 amide bonds. The van der Waals surface area contributed by atoms with Crippen LogP contribution in [0.4, 0.5) is 8.78 Å². The Morgan fingerprint density at radius 2 is 1.68 bits per heavy atom. The molecule has 0 spiro atoms. The zero-order valence-electron chi connectivity index (χ0n) is 9.96. The van der Waals surface area contributed by atoms with Gasteiger partial charge in [-0.2, -0.15) is 0 Å². The average Bonchev–Trinajstić information content (AvgIpc) is 2.38. The van der Waals surface area contributed by atoms with Gasteiger partial charge in [0.1, 0.15) is 5.75 Å². The van der Waals surface area contributed by atoms with Gasteiger partial charge in [0, 0.05) is 15.6 Å². The quantitative estimate of drug-likeness (QED) is 0.716. The lowest BCUT2D eigenvalue weighted by molar-refractivity contribution is 0.147. The van der Waals surface area contributed by atoms with Crippen molar-refractivity contribution in [3.05, 3.63) is 52.0 Å². The van der Waals surface area contributed by atoms with E-state index in [1.807, 2.05) is 0 Å². The van der Waals surface area contributed by atoms with Gasteiger partial charge in [-0.15, -0.1) is 0 Å². The van der Waals surface area contributed by atoms with Crippen molar-refractivity contribution in [1.82, 2.24) is 0 Å². The summed E-state index contributed by atoms with van der Waals surface area (Å²) < 4.78 is 30.8. The number of methoxy groups -OCH3 is 1. The van der Waals surface area contributed by atoms with E-state index >= 15 is 0 Å². The summed E-state index contributed by atoms with van der Waals surface area (Å²) >= 11 is 12.1. The fraction of sp³-hybridized carbons (Fsp3) is 0.143. The third-order valence-electron chi connectivity index (χ3n) is 2.72. The number of ether oxygens (including phenoxy) is 1. The molecular weight excluding hydrogens is 293 g/mol. The molecule has 0 heterocycles. The lowest BCUT2D eigenvalue weighted by atomic mass is 10.0. The number of rotatable bonds is 3. The number of hydrogen-bond acceptors (Lipinski definition) is 1. The minimum absolute atomic E-state index is 0.141. The molecule has 0 aliphatic heterocycles. The van der Waals surface area contributed by atoms with E-state index in [0.29, 0.717) is 21.2 Å². The summed E-state index contributed by atoms with van der Waals surface area (Å²) in [6, 6.07) is 9.50. The molecule has 0 saturated heterocycles. The van der Waals surface area contributed by atoms with Gasteiger partial charge in [0.2, 0.25) is 0 Å². The maximum absolute atomic E-state index is 13.0. The monoisotopic (exact) mass is 302 g/mol. The van der Waals surface area contributed by atoms with Gasteiger partial charge in [-0.05, 0) is 29.8 Å². The summed E-state index contributed by atoms with van der Waals surface area (Å²) in [5, 5.41) is 0.829. The molecule has 0 N–H and O–H groups in total. The first-order valence-electron chi connectivity index (χ1n) is 5.45. The van der Waals surface area contributed by atoms with Crippen molar-refractivity contribution >= 4 is 23.2 Å². The highest BCUT2D eigenvalue weighted by atomic mass is 35.5. The molecule has 0 unspecified atom stereocenters. The zero-order valence-corrected chi connectivity index (χ0v) is 11.5. The third-order valence-corrected chi connectivity index (χ3v) is 3.35. The molecule has 100 valence electrons. The molecule has 0 bridgehead atoms. The van der Waals surface area contributed by atoms with Crippen LogP contribution < -0.4 is 4.74 Å². The fourth-order valence-corrected chi connectivity index (χ4v) is 2.45. The van der Waals surface area contributed by atoms with E-state index < -0.39 is 6.43 Å². The summed E-state index contributed by atoms with van der Waals surface area (Å²) in [6.07, 6.45) is -2.63. The first-order valence-corrected chi connectivity index (χ1v) is 6.20. The topological polar surface area (TPSA) is 9.23 Å². The van der Waals surface area contributed by atoms with E-state index in [1.165, 1.54) is 19.2 Å². The summed E-state index contributed by atoms with van der Waals surface area (Å²) in [4.78, 5) is 0. The Balaban J connectivity index is 2.61. The molecule has 2 aromatic rings. The second-order valence-corrected chi connectivity index (χ2v) is 4.67. The van der Waals surface area contributed by atoms with Crippen molar-refractivity contribution in [2.75, 3.05) is 7.11 Å². The molecule has 2 rings (SSSR count). The smallest absolute Gasteiger partial charge is 0.267 e. The standard InChI is InChI=1S/C14H10Cl2F2O/c1-19-12-6-5-8(7-9(12)14(17)18)13-10(15)3-2-4-11(13)16/h2-7,14H,1H3. The van der Waals surface area contributed by atoms with Crippen molar-refractivity contribution in [1.29, 1.82) is 0 Å². The Labute approximate surface area is 119 Å². The summed E-state index contributed by atoms with van der Waals surface area (Å²) in [7, 11) is 1.35. The van der Waals surface area contributed by atoms with Crippen LogP contribution in [0, 0.1) is 0 Å². The Morgan fingerprint density at radius 1 is 1.05 bits per heavy atom. The van der Waals surface area contributed by atoms with Gasteiger partial charge in [0.25, 0.3) is 6.43 Å². The van der Waals surface area contributed by atoms with Gasteiger partial charge >= 0.3 is 0 Å². The van der Waals surface area contributed by atoms with Crippen LogP contribution in [-0.2, 0) is 0 Å². The summed E-state index contributed by atoms with van der Waals surface area (Å²) in [5.41, 5.74) is 0.887. The lowest BCUT2D eigenvalue weighted by Gasteiger charge is -2.12. The molecule has 1 nitrogen and oxygen atoms in total. The van der Waals surface area contributed by atoms with Crippen LogP contribution in [0.15, 0.2) is 36.4 Å². The summed E-state index contributed by atoms with van der Waals surface area (Å²) in [6.45, 7) is 0. The molecule has 19 heavy (non-hydrogen) atoms. The van der Waals surface area contributed by atoms with Crippen molar-refractivity contribution in [2.24, 2.45) is 0 Å². The van der Waals surface area contributed by atoms with Crippen molar-refractivity contribution in [3.63, 3.8) is 0 Å². The molecule has 0 saturated carbocycles. The van der Waals surface area contributed by atoms with Crippen LogP contribution in [0.25, 0.3) is 11.1 Å². The number of hydrogen-bond donors (Lipinski definition) is 0. The Hall–Kier alpha value is -1.32. The number of halogens is 4. The van der Waals surface area contributed by atoms with Gasteiger partial charge in [0.05, 0.1) is 12.7 Å². The Morgan fingerprint density at radius 3 is 2.21 bits per heavy atom. The van der Waals surface area contributed by atoms with Gasteiger partial charge < -0.3 is 4.74 Å². The Bertz CT molecular complexity index is 580. The molecule has 0 atom stereocenters. The van der Waals surface area contributed by atoms with E-state index in [4.69, 9.17) is 27.9 Å². The zero-order chi connectivity index (χ0) is 14.0. The van der Waals surface area contributed by atoms with Gasteiger partial charge in [-0.1, -0.05) is 35.3 Å². The van der Waals surface area contributed by atoms with Crippen LogP contribution in [0.2, 0.25) is 10.0 Å². The lowest BCUT2D eigenvalue weighted by Crippen LogP contribution is -1.93. The van der Waals surface area contributed by atoms with E-state index in [1.54, 1.807) is 24.3 Å². The largest absolute Gasteiger partial charge is 0.496 e. The molecule has 0 aliphatic carbocycles. The molecular formula is C14H10Cl2F2O. The van der Waals surface area contributed by atoms with E-state index in [2.05, 4.69) is 0 Å². The van der Waals surface area contributed by atoms with Crippen LogP contribution >= 0.6 is 23.2 Å². The SMILES string of the molecule is COc1ccc(-c2c(Cl)cccc2Cl)cc1C(F)F. The minimum Gasteiger partial charge on any atom is -0.496 e. The van der Waals surface area contributed by atoms with E-state index in [-0.39, 0.29) is 11.3 Å². The predicted octanol–water partition coefficient (Wildman–Crippen LogP) is 5.61. The molecule has 2 aromatic carbocycles. The second-order valence-electron chi connectivity index (χ2n) is 3.85. The molecule has 5 heteroatoms. The van der Waals surface area contributed by atoms with Gasteiger partial charge in [-0.3, -0.25) is 0 Å².